The Morgan fingerprint density at radius 3 is 2.54 bits per heavy atom. The van der Waals surface area contributed by atoms with Gasteiger partial charge in [0.2, 0.25) is 0 Å². The molecule has 0 radical (unpaired) electrons. The SMILES string of the molecule is C[C@]12O[C@H]1C[C@@H]1C(C(=O)O)=CO[C@@H](C[C@@H]3O[C@H](CO)[C@@H](O)[C@H](O)[C@H]3O)[C@@H]12. The lowest BCUT2D eigenvalue weighted by Gasteiger charge is -2.43. The molecular weight excluding hydrogens is 348 g/mol. The van der Waals surface area contributed by atoms with Crippen molar-refractivity contribution < 1.29 is 44.5 Å². The maximum atomic E-state index is 11.5. The minimum atomic E-state index is -1.44. The van der Waals surface area contributed by atoms with Gasteiger partial charge in [-0.2, -0.15) is 0 Å². The summed E-state index contributed by atoms with van der Waals surface area (Å²) < 4.78 is 17.0. The van der Waals surface area contributed by atoms with Crippen LogP contribution >= 0.6 is 0 Å². The second-order valence-corrected chi connectivity index (χ2v) is 7.81. The minimum absolute atomic E-state index is 0.0146. The predicted octanol–water partition coefficient (Wildman–Crippen LogP) is -1.62. The highest BCUT2D eigenvalue weighted by Crippen LogP contribution is 2.61. The van der Waals surface area contributed by atoms with Gasteiger partial charge in [0, 0.05) is 18.3 Å². The molecule has 3 heterocycles. The van der Waals surface area contributed by atoms with Crippen LogP contribution < -0.4 is 0 Å². The smallest absolute Gasteiger partial charge is 0.334 e. The zero-order valence-electron chi connectivity index (χ0n) is 14.3. The number of aliphatic hydroxyl groups is 4. The molecule has 1 aliphatic carbocycles. The monoisotopic (exact) mass is 372 g/mol. The number of carboxylic acids is 1. The molecule has 0 amide bonds. The van der Waals surface area contributed by atoms with Crippen molar-refractivity contribution in [3.8, 4) is 0 Å². The molecule has 3 fully saturated rings. The van der Waals surface area contributed by atoms with Crippen LogP contribution in [0.2, 0.25) is 0 Å². The van der Waals surface area contributed by atoms with E-state index in [1.807, 2.05) is 6.92 Å². The molecule has 5 N–H and O–H groups in total. The molecule has 4 aliphatic rings. The molecule has 2 saturated heterocycles. The van der Waals surface area contributed by atoms with Gasteiger partial charge in [0.15, 0.2) is 0 Å². The average molecular weight is 372 g/mol. The molecule has 0 aromatic carbocycles. The Bertz CT molecular complexity index is 619. The molecule has 26 heavy (non-hydrogen) atoms. The van der Waals surface area contributed by atoms with Gasteiger partial charge in [0.05, 0.1) is 36.3 Å². The van der Waals surface area contributed by atoms with Crippen molar-refractivity contribution in [3.05, 3.63) is 11.8 Å². The van der Waals surface area contributed by atoms with Crippen molar-refractivity contribution in [2.75, 3.05) is 6.61 Å². The molecule has 0 unspecified atom stereocenters. The summed E-state index contributed by atoms with van der Waals surface area (Å²) in [6, 6.07) is 0. The first-order valence-corrected chi connectivity index (χ1v) is 8.85. The summed E-state index contributed by atoms with van der Waals surface area (Å²) in [5.41, 5.74) is -0.254. The zero-order valence-corrected chi connectivity index (χ0v) is 14.3. The number of aliphatic hydroxyl groups excluding tert-OH is 4. The number of ether oxygens (including phenoxy) is 3. The summed E-state index contributed by atoms with van der Waals surface area (Å²) in [5.74, 6) is -1.44. The van der Waals surface area contributed by atoms with Crippen LogP contribution in [0.4, 0.5) is 0 Å². The van der Waals surface area contributed by atoms with Crippen LogP contribution in [-0.4, -0.2) is 86.4 Å². The van der Waals surface area contributed by atoms with Gasteiger partial charge >= 0.3 is 5.97 Å². The van der Waals surface area contributed by atoms with E-state index in [0.29, 0.717) is 6.42 Å². The quantitative estimate of drug-likeness (QED) is 0.367. The van der Waals surface area contributed by atoms with Crippen LogP contribution in [0.15, 0.2) is 11.8 Å². The maximum absolute atomic E-state index is 11.5. The van der Waals surface area contributed by atoms with Crippen LogP contribution in [0.3, 0.4) is 0 Å². The number of rotatable bonds is 4. The largest absolute Gasteiger partial charge is 0.497 e. The summed E-state index contributed by atoms with van der Waals surface area (Å²) in [6.45, 7) is 1.43. The fourth-order valence-electron chi connectivity index (χ4n) is 4.92. The van der Waals surface area contributed by atoms with Crippen molar-refractivity contribution in [1.29, 1.82) is 0 Å². The van der Waals surface area contributed by atoms with Gasteiger partial charge in [-0.15, -0.1) is 0 Å². The van der Waals surface area contributed by atoms with E-state index >= 15 is 0 Å². The fourth-order valence-corrected chi connectivity index (χ4v) is 4.92. The lowest BCUT2D eigenvalue weighted by Crippen LogP contribution is -2.59. The Hall–Kier alpha value is -1.23. The van der Waals surface area contributed by atoms with Crippen LogP contribution in [0.1, 0.15) is 19.8 Å². The number of carbonyl (C=O) groups is 1. The van der Waals surface area contributed by atoms with Crippen LogP contribution in [0.5, 0.6) is 0 Å². The molecular formula is C17H24O9. The molecule has 1 saturated carbocycles. The predicted molar refractivity (Wildman–Crippen MR) is 83.9 cm³/mol. The molecule has 0 bridgehead atoms. The van der Waals surface area contributed by atoms with Gasteiger partial charge in [0.1, 0.15) is 30.5 Å². The average Bonchev–Trinajstić information content (AvgIpc) is 3.16. The van der Waals surface area contributed by atoms with Crippen molar-refractivity contribution >= 4 is 5.97 Å². The maximum Gasteiger partial charge on any atom is 0.334 e. The van der Waals surface area contributed by atoms with E-state index in [4.69, 9.17) is 14.2 Å². The Labute approximate surface area is 149 Å². The molecule has 0 spiro atoms. The number of epoxide rings is 1. The highest BCUT2D eigenvalue weighted by atomic mass is 16.6. The van der Waals surface area contributed by atoms with Gasteiger partial charge in [-0.25, -0.2) is 4.79 Å². The summed E-state index contributed by atoms with van der Waals surface area (Å²) in [6.07, 6.45) is -4.49. The highest BCUT2D eigenvalue weighted by molar-refractivity contribution is 5.87. The molecule has 10 atom stereocenters. The Balaban J connectivity index is 1.55. The van der Waals surface area contributed by atoms with Gasteiger partial charge in [0.25, 0.3) is 0 Å². The zero-order chi connectivity index (χ0) is 18.8. The van der Waals surface area contributed by atoms with E-state index in [0.717, 1.165) is 0 Å². The second-order valence-electron chi connectivity index (χ2n) is 7.81. The van der Waals surface area contributed by atoms with E-state index in [9.17, 15) is 30.3 Å². The first-order chi connectivity index (χ1) is 12.3. The number of hydrogen-bond donors (Lipinski definition) is 5. The normalized spacial score (nSPS) is 52.5. The van der Waals surface area contributed by atoms with Crippen molar-refractivity contribution in [2.24, 2.45) is 11.8 Å². The van der Waals surface area contributed by atoms with E-state index in [2.05, 4.69) is 0 Å². The van der Waals surface area contributed by atoms with Gasteiger partial charge in [-0.3, -0.25) is 0 Å². The summed E-state index contributed by atoms with van der Waals surface area (Å²) in [4.78, 5) is 11.5. The number of aliphatic carboxylic acids is 1. The fraction of sp³-hybridized carbons (Fsp3) is 0.824. The summed E-state index contributed by atoms with van der Waals surface area (Å²) in [7, 11) is 0. The second kappa shape index (κ2) is 6.15. The standard InChI is InChI=1S/C17H24O9/c1-17-11(26-17)2-6-7(16(22)23)5-24-8(12(6)17)3-9-13(19)15(21)14(20)10(4-18)25-9/h5-6,8-15,18-21H,2-4H2,1H3,(H,22,23)/t6-,8+,9+,10-,11+,12-,13+,14-,15-,17+/m1/s1. The van der Waals surface area contributed by atoms with E-state index in [1.54, 1.807) is 0 Å². The van der Waals surface area contributed by atoms with E-state index < -0.39 is 54.8 Å². The van der Waals surface area contributed by atoms with Gasteiger partial charge in [-0.1, -0.05) is 0 Å². The van der Waals surface area contributed by atoms with Crippen molar-refractivity contribution in [1.82, 2.24) is 0 Å². The third-order valence-electron chi connectivity index (χ3n) is 6.41. The van der Waals surface area contributed by atoms with Crippen molar-refractivity contribution in [2.45, 2.75) is 68.1 Å². The molecule has 3 aliphatic heterocycles. The first kappa shape index (κ1) is 18.1. The first-order valence-electron chi connectivity index (χ1n) is 8.85. The summed E-state index contributed by atoms with van der Waals surface area (Å²) in [5, 5.41) is 48.9. The van der Waals surface area contributed by atoms with Crippen LogP contribution in [0.25, 0.3) is 0 Å². The molecule has 146 valence electrons. The Morgan fingerprint density at radius 2 is 1.88 bits per heavy atom. The van der Waals surface area contributed by atoms with E-state index in [-0.39, 0.29) is 29.9 Å². The van der Waals surface area contributed by atoms with Crippen LogP contribution in [-0.2, 0) is 19.0 Å². The van der Waals surface area contributed by atoms with Crippen LogP contribution in [0, 0.1) is 11.8 Å². The topological polar surface area (TPSA) is 149 Å². The highest BCUT2D eigenvalue weighted by Gasteiger charge is 2.70. The molecule has 0 aromatic heterocycles. The Kier molecular flexibility index (Phi) is 4.29. The number of carboxylic acid groups (broad SMARTS) is 1. The van der Waals surface area contributed by atoms with Gasteiger partial charge in [-0.05, 0) is 13.3 Å². The minimum Gasteiger partial charge on any atom is -0.497 e. The van der Waals surface area contributed by atoms with Crippen molar-refractivity contribution in [3.63, 3.8) is 0 Å². The lowest BCUT2D eigenvalue weighted by molar-refractivity contribution is -0.236. The van der Waals surface area contributed by atoms with E-state index in [1.165, 1.54) is 6.26 Å². The van der Waals surface area contributed by atoms with Gasteiger partial charge < -0.3 is 39.7 Å². The number of hydrogen-bond acceptors (Lipinski definition) is 8. The Morgan fingerprint density at radius 1 is 1.19 bits per heavy atom. The lowest BCUT2D eigenvalue weighted by atomic mass is 9.76. The molecule has 4 rings (SSSR count). The molecule has 0 aromatic rings. The summed E-state index contributed by atoms with van der Waals surface area (Å²) >= 11 is 0. The molecule has 9 nitrogen and oxygen atoms in total. The third kappa shape index (κ3) is 2.57. The third-order valence-corrected chi connectivity index (χ3v) is 6.41. The number of fused-ring (bicyclic) bond motifs is 3. The molecule has 9 heteroatoms.